The van der Waals surface area contributed by atoms with Crippen molar-refractivity contribution in [2.24, 2.45) is 5.92 Å². The first kappa shape index (κ1) is 15.6. The molecule has 1 aromatic carbocycles. The second-order valence-electron chi connectivity index (χ2n) is 6.37. The predicted octanol–water partition coefficient (Wildman–Crippen LogP) is 2.29. The number of carbonyl (C=O) groups is 1. The lowest BCUT2D eigenvalue weighted by molar-refractivity contribution is -0.120. The summed E-state index contributed by atoms with van der Waals surface area (Å²) in [6, 6.07) is 11.6. The lowest BCUT2D eigenvalue weighted by Crippen LogP contribution is -2.41. The largest absolute Gasteiger partial charge is 0.356 e. The maximum Gasteiger partial charge on any atom is 0.254 e. The molecule has 1 aliphatic rings. The lowest BCUT2D eigenvalue weighted by Gasteiger charge is -2.33. The first-order valence-corrected chi connectivity index (χ1v) is 8.49. The molecule has 128 valence electrons. The van der Waals surface area contributed by atoms with Crippen molar-refractivity contribution in [3.8, 4) is 0 Å². The summed E-state index contributed by atoms with van der Waals surface area (Å²) in [6.45, 7) is 3.51. The Balaban J connectivity index is 1.54. The third-order valence-corrected chi connectivity index (χ3v) is 4.52. The van der Waals surface area contributed by atoms with Crippen molar-refractivity contribution >= 4 is 23.2 Å². The van der Waals surface area contributed by atoms with Gasteiger partial charge in [0.15, 0.2) is 0 Å². The summed E-state index contributed by atoms with van der Waals surface area (Å²) in [4.78, 5) is 23.4. The van der Waals surface area contributed by atoms with Crippen LogP contribution in [-0.2, 0) is 4.79 Å². The molecule has 2 aromatic heterocycles. The number of para-hydroxylation sites is 1. The van der Waals surface area contributed by atoms with Crippen LogP contribution in [0.15, 0.2) is 42.7 Å². The summed E-state index contributed by atoms with van der Waals surface area (Å²) in [5, 5.41) is 7.29. The fourth-order valence-corrected chi connectivity index (χ4v) is 3.30. The topological polar surface area (TPSA) is 75.4 Å². The van der Waals surface area contributed by atoms with Gasteiger partial charge in [0.2, 0.25) is 5.91 Å². The SMILES string of the molecule is Cc1cc(N2CCC[C@H](C(=O)Nc3ccccc3)C2)n2ncnc2n1. The molecule has 0 spiro atoms. The fraction of sp³-hybridized carbons (Fsp3) is 0.333. The highest BCUT2D eigenvalue weighted by atomic mass is 16.1. The molecule has 1 N–H and O–H groups in total. The summed E-state index contributed by atoms with van der Waals surface area (Å²) in [6.07, 6.45) is 3.36. The van der Waals surface area contributed by atoms with Gasteiger partial charge in [0.25, 0.3) is 5.78 Å². The number of anilines is 2. The average molecular weight is 336 g/mol. The number of piperidine rings is 1. The van der Waals surface area contributed by atoms with Crippen molar-refractivity contribution < 1.29 is 4.79 Å². The number of nitrogens with zero attached hydrogens (tertiary/aromatic N) is 5. The number of benzene rings is 1. The number of nitrogens with one attached hydrogen (secondary N) is 1. The van der Waals surface area contributed by atoms with Crippen molar-refractivity contribution in [1.82, 2.24) is 19.6 Å². The minimum absolute atomic E-state index is 0.0546. The zero-order valence-corrected chi connectivity index (χ0v) is 14.1. The Morgan fingerprint density at radius 1 is 1.28 bits per heavy atom. The monoisotopic (exact) mass is 336 g/mol. The first-order chi connectivity index (χ1) is 12.2. The number of aryl methyl sites for hydroxylation is 1. The van der Waals surface area contributed by atoms with Gasteiger partial charge in [0.1, 0.15) is 12.1 Å². The third kappa shape index (κ3) is 3.17. The Kier molecular flexibility index (Phi) is 4.05. The fourth-order valence-electron chi connectivity index (χ4n) is 3.30. The number of amides is 1. The molecule has 25 heavy (non-hydrogen) atoms. The number of hydrogen-bond donors (Lipinski definition) is 1. The molecule has 0 bridgehead atoms. The quantitative estimate of drug-likeness (QED) is 0.794. The van der Waals surface area contributed by atoms with Crippen molar-refractivity contribution in [3.05, 3.63) is 48.4 Å². The van der Waals surface area contributed by atoms with Gasteiger partial charge in [0.05, 0.1) is 5.92 Å². The molecule has 3 aromatic rings. The second kappa shape index (κ2) is 6.51. The summed E-state index contributed by atoms with van der Waals surface area (Å²) in [5.41, 5.74) is 1.73. The molecule has 4 rings (SSSR count). The zero-order valence-electron chi connectivity index (χ0n) is 14.1. The number of rotatable bonds is 3. The van der Waals surface area contributed by atoms with Crippen LogP contribution in [-0.4, -0.2) is 38.6 Å². The number of hydrogen-bond acceptors (Lipinski definition) is 5. The van der Waals surface area contributed by atoms with Crippen molar-refractivity contribution in [3.63, 3.8) is 0 Å². The maximum absolute atomic E-state index is 12.6. The van der Waals surface area contributed by atoms with Gasteiger partial charge in [-0.1, -0.05) is 18.2 Å². The van der Waals surface area contributed by atoms with Crippen LogP contribution in [0, 0.1) is 12.8 Å². The highest BCUT2D eigenvalue weighted by Gasteiger charge is 2.27. The van der Waals surface area contributed by atoms with Gasteiger partial charge in [-0.25, -0.2) is 4.98 Å². The van der Waals surface area contributed by atoms with E-state index in [0.717, 1.165) is 36.6 Å². The van der Waals surface area contributed by atoms with Crippen molar-refractivity contribution in [2.75, 3.05) is 23.3 Å². The molecule has 7 heteroatoms. The van der Waals surface area contributed by atoms with Crippen LogP contribution in [0.3, 0.4) is 0 Å². The van der Waals surface area contributed by atoms with E-state index < -0.39 is 0 Å². The Hall–Kier alpha value is -2.96. The molecule has 1 amide bonds. The van der Waals surface area contributed by atoms with E-state index in [1.165, 1.54) is 6.33 Å². The minimum Gasteiger partial charge on any atom is -0.356 e. The van der Waals surface area contributed by atoms with Gasteiger partial charge >= 0.3 is 0 Å². The average Bonchev–Trinajstić information content (AvgIpc) is 3.10. The molecule has 7 nitrogen and oxygen atoms in total. The molecular formula is C18H20N6O. The van der Waals surface area contributed by atoms with Gasteiger partial charge in [-0.05, 0) is 31.9 Å². The first-order valence-electron chi connectivity index (χ1n) is 8.49. The van der Waals surface area contributed by atoms with Gasteiger partial charge in [-0.3, -0.25) is 4.79 Å². The molecule has 0 aliphatic carbocycles. The standard InChI is InChI=1S/C18H20N6O/c1-13-10-16(24-18(21-13)19-12-20-24)23-9-5-6-14(11-23)17(25)22-15-7-3-2-4-8-15/h2-4,7-8,10,12,14H,5-6,9,11H2,1H3,(H,22,25)/t14-/m0/s1. The highest BCUT2D eigenvalue weighted by molar-refractivity contribution is 5.93. The van der Waals surface area contributed by atoms with E-state index in [1.54, 1.807) is 4.52 Å². The molecule has 0 unspecified atom stereocenters. The summed E-state index contributed by atoms with van der Waals surface area (Å²) in [7, 11) is 0. The number of fused-ring (bicyclic) bond motifs is 1. The van der Waals surface area contributed by atoms with E-state index in [1.807, 2.05) is 43.3 Å². The highest BCUT2D eigenvalue weighted by Crippen LogP contribution is 2.24. The summed E-state index contributed by atoms with van der Waals surface area (Å²) < 4.78 is 1.74. The van der Waals surface area contributed by atoms with Crippen LogP contribution in [0.2, 0.25) is 0 Å². The van der Waals surface area contributed by atoms with E-state index >= 15 is 0 Å². The molecule has 3 heterocycles. The van der Waals surface area contributed by atoms with E-state index in [4.69, 9.17) is 0 Å². The minimum atomic E-state index is -0.0546. The molecule has 0 radical (unpaired) electrons. The summed E-state index contributed by atoms with van der Waals surface area (Å²) in [5.74, 6) is 1.54. The van der Waals surface area contributed by atoms with Gasteiger partial charge in [-0.15, -0.1) is 0 Å². The Labute approximate surface area is 145 Å². The Morgan fingerprint density at radius 2 is 2.12 bits per heavy atom. The van der Waals surface area contributed by atoms with E-state index in [-0.39, 0.29) is 11.8 Å². The third-order valence-electron chi connectivity index (χ3n) is 4.52. The molecule has 1 aliphatic heterocycles. The van der Waals surface area contributed by atoms with Crippen LogP contribution in [0.4, 0.5) is 11.5 Å². The van der Waals surface area contributed by atoms with Crippen LogP contribution in [0.5, 0.6) is 0 Å². The van der Waals surface area contributed by atoms with Gasteiger partial charge in [-0.2, -0.15) is 14.6 Å². The van der Waals surface area contributed by atoms with Crippen LogP contribution < -0.4 is 10.2 Å². The van der Waals surface area contributed by atoms with Gasteiger partial charge in [0, 0.05) is 30.5 Å². The smallest absolute Gasteiger partial charge is 0.254 e. The normalized spacial score (nSPS) is 17.6. The van der Waals surface area contributed by atoms with Crippen LogP contribution in [0.25, 0.3) is 5.78 Å². The summed E-state index contributed by atoms with van der Waals surface area (Å²) >= 11 is 0. The lowest BCUT2D eigenvalue weighted by atomic mass is 9.97. The van der Waals surface area contributed by atoms with Gasteiger partial charge < -0.3 is 10.2 Å². The van der Waals surface area contributed by atoms with E-state index in [9.17, 15) is 4.79 Å². The predicted molar refractivity (Wildman–Crippen MR) is 95.5 cm³/mol. The molecular weight excluding hydrogens is 316 g/mol. The Morgan fingerprint density at radius 3 is 2.96 bits per heavy atom. The maximum atomic E-state index is 12.6. The molecule has 0 saturated carbocycles. The zero-order chi connectivity index (χ0) is 17.2. The Bertz CT molecular complexity index is 891. The van der Waals surface area contributed by atoms with Crippen molar-refractivity contribution in [2.45, 2.75) is 19.8 Å². The van der Waals surface area contributed by atoms with Crippen LogP contribution in [0.1, 0.15) is 18.5 Å². The molecule has 1 fully saturated rings. The van der Waals surface area contributed by atoms with Crippen molar-refractivity contribution in [1.29, 1.82) is 0 Å². The molecule has 1 saturated heterocycles. The van der Waals surface area contributed by atoms with E-state index in [0.29, 0.717) is 12.3 Å². The van der Waals surface area contributed by atoms with Crippen LogP contribution >= 0.6 is 0 Å². The second-order valence-corrected chi connectivity index (χ2v) is 6.37. The van der Waals surface area contributed by atoms with E-state index in [2.05, 4.69) is 25.3 Å². The number of aromatic nitrogens is 4. The molecule has 1 atom stereocenters. The number of carbonyl (C=O) groups excluding carboxylic acids is 1.